The van der Waals surface area contributed by atoms with Gasteiger partial charge in [-0.1, -0.05) is 60.1 Å². The molecule has 1 N–H and O–H groups in total. The number of nitrogens with one attached hydrogen (secondary N) is 1. The van der Waals surface area contributed by atoms with E-state index in [1.54, 1.807) is 12.1 Å². The number of amides is 1. The minimum absolute atomic E-state index is 0.106. The van der Waals surface area contributed by atoms with Gasteiger partial charge >= 0.3 is 0 Å². The number of sulfonamides is 1. The predicted molar refractivity (Wildman–Crippen MR) is 116 cm³/mol. The van der Waals surface area contributed by atoms with Crippen LogP contribution in [0.25, 0.3) is 6.08 Å². The average molecular weight is 434 g/mol. The Kier molecular flexibility index (Phi) is 7.44. The number of carbonyl (C=O) groups is 1. The van der Waals surface area contributed by atoms with E-state index < -0.39 is 10.0 Å². The third-order valence-corrected chi connectivity index (χ3v) is 6.66. The minimum atomic E-state index is -3.47. The van der Waals surface area contributed by atoms with Gasteiger partial charge in [0, 0.05) is 43.2 Å². The van der Waals surface area contributed by atoms with Crippen LogP contribution in [0.3, 0.4) is 0 Å². The minimum Gasteiger partial charge on any atom is -0.351 e. The zero-order chi connectivity index (χ0) is 20.7. The van der Waals surface area contributed by atoms with Crippen molar-refractivity contribution in [2.75, 3.05) is 32.7 Å². The monoisotopic (exact) mass is 433 g/mol. The Labute approximate surface area is 176 Å². The van der Waals surface area contributed by atoms with Gasteiger partial charge in [0.15, 0.2) is 0 Å². The molecule has 0 aliphatic carbocycles. The maximum Gasteiger partial charge on any atom is 0.236 e. The largest absolute Gasteiger partial charge is 0.351 e. The van der Waals surface area contributed by atoms with Crippen LogP contribution in [0.1, 0.15) is 11.1 Å². The number of rotatable bonds is 7. The highest BCUT2D eigenvalue weighted by Gasteiger charge is 2.25. The van der Waals surface area contributed by atoms with Gasteiger partial charge < -0.3 is 5.32 Å². The highest BCUT2D eigenvalue weighted by Crippen LogP contribution is 2.14. The molecule has 0 bridgehead atoms. The second-order valence-electron chi connectivity index (χ2n) is 6.80. The summed E-state index contributed by atoms with van der Waals surface area (Å²) >= 11 is 6.09. The predicted octanol–water partition coefficient (Wildman–Crippen LogP) is 2.57. The second kappa shape index (κ2) is 10.0. The summed E-state index contributed by atoms with van der Waals surface area (Å²) in [5.74, 6) is -0.106. The van der Waals surface area contributed by atoms with Crippen LogP contribution in [0.5, 0.6) is 0 Å². The van der Waals surface area contributed by atoms with Crippen molar-refractivity contribution < 1.29 is 13.2 Å². The molecule has 0 aromatic heterocycles. The van der Waals surface area contributed by atoms with Crippen molar-refractivity contribution in [3.63, 3.8) is 0 Å². The van der Waals surface area contributed by atoms with E-state index in [-0.39, 0.29) is 12.5 Å². The van der Waals surface area contributed by atoms with Crippen LogP contribution in [0.2, 0.25) is 5.02 Å². The third kappa shape index (κ3) is 6.40. The van der Waals surface area contributed by atoms with Gasteiger partial charge in [0.25, 0.3) is 0 Å². The molecule has 1 aliphatic heterocycles. The fourth-order valence-electron chi connectivity index (χ4n) is 3.05. The molecule has 1 saturated heterocycles. The lowest BCUT2D eigenvalue weighted by Crippen LogP contribution is -2.50. The number of hydrogen-bond donors (Lipinski definition) is 1. The molecule has 1 amide bonds. The topological polar surface area (TPSA) is 69.7 Å². The van der Waals surface area contributed by atoms with Crippen molar-refractivity contribution in [1.82, 2.24) is 14.5 Å². The molecule has 1 fully saturated rings. The van der Waals surface area contributed by atoms with Gasteiger partial charge in [-0.15, -0.1) is 0 Å². The van der Waals surface area contributed by atoms with Crippen LogP contribution in [0.4, 0.5) is 0 Å². The Morgan fingerprint density at radius 2 is 1.66 bits per heavy atom. The normalized spacial score (nSPS) is 16.2. The van der Waals surface area contributed by atoms with Gasteiger partial charge in [-0.3, -0.25) is 9.69 Å². The van der Waals surface area contributed by atoms with E-state index >= 15 is 0 Å². The molecule has 1 heterocycles. The summed E-state index contributed by atoms with van der Waals surface area (Å²) in [6.07, 6.45) is 1.60. The van der Waals surface area contributed by atoms with E-state index in [4.69, 9.17) is 11.6 Å². The van der Waals surface area contributed by atoms with Gasteiger partial charge in [0.2, 0.25) is 15.9 Å². The fourth-order valence-corrected chi connectivity index (χ4v) is 4.43. The molecule has 0 radical (unpaired) electrons. The van der Waals surface area contributed by atoms with Crippen molar-refractivity contribution in [2.24, 2.45) is 0 Å². The first-order valence-electron chi connectivity index (χ1n) is 9.40. The molecule has 3 rings (SSSR count). The summed E-state index contributed by atoms with van der Waals surface area (Å²) in [7, 11) is -3.47. The van der Waals surface area contributed by atoms with Crippen molar-refractivity contribution in [1.29, 1.82) is 0 Å². The summed E-state index contributed by atoms with van der Waals surface area (Å²) in [5.41, 5.74) is 1.70. The smallest absolute Gasteiger partial charge is 0.236 e. The van der Waals surface area contributed by atoms with Crippen molar-refractivity contribution in [3.8, 4) is 0 Å². The quantitative estimate of drug-likeness (QED) is 0.728. The molecule has 8 heteroatoms. The van der Waals surface area contributed by atoms with Crippen molar-refractivity contribution >= 4 is 33.6 Å². The Balaban J connectivity index is 1.45. The van der Waals surface area contributed by atoms with Crippen LogP contribution in [-0.4, -0.2) is 56.3 Å². The maximum atomic E-state index is 12.5. The Bertz CT molecular complexity index is 956. The highest BCUT2D eigenvalue weighted by molar-refractivity contribution is 7.92. The standard InChI is InChI=1S/C21H24ClN3O3S/c22-20-9-5-4-8-19(20)16-23-21(26)17-24-11-13-25(14-12-24)29(27,28)15-10-18-6-2-1-3-7-18/h1-10,15H,11-14,16-17H2,(H,23,26). The molecule has 2 aromatic carbocycles. The summed E-state index contributed by atoms with van der Waals surface area (Å²) in [5, 5.41) is 4.72. The number of hydrogen-bond acceptors (Lipinski definition) is 4. The second-order valence-corrected chi connectivity index (χ2v) is 9.03. The Morgan fingerprint density at radius 1 is 1.00 bits per heavy atom. The summed E-state index contributed by atoms with van der Waals surface area (Å²) in [6, 6.07) is 16.7. The first-order valence-corrected chi connectivity index (χ1v) is 11.3. The zero-order valence-corrected chi connectivity index (χ0v) is 17.6. The van der Waals surface area contributed by atoms with E-state index in [1.807, 2.05) is 53.4 Å². The van der Waals surface area contributed by atoms with E-state index in [9.17, 15) is 13.2 Å². The molecule has 0 saturated carbocycles. The van der Waals surface area contributed by atoms with Gasteiger partial charge in [0.05, 0.1) is 6.54 Å². The lowest BCUT2D eigenvalue weighted by Gasteiger charge is -2.32. The third-order valence-electron chi connectivity index (χ3n) is 4.72. The van der Waals surface area contributed by atoms with Gasteiger partial charge in [-0.05, 0) is 23.3 Å². The van der Waals surface area contributed by atoms with Crippen molar-refractivity contribution in [3.05, 3.63) is 76.2 Å². The van der Waals surface area contributed by atoms with Crippen LogP contribution in [-0.2, 0) is 21.4 Å². The molecule has 0 atom stereocenters. The summed E-state index contributed by atoms with van der Waals surface area (Å²) in [6.45, 7) is 2.35. The van der Waals surface area contributed by atoms with Crippen LogP contribution in [0, 0.1) is 0 Å². The Hall–Kier alpha value is -2.19. The number of carbonyl (C=O) groups excluding carboxylic acids is 1. The molecular formula is C21H24ClN3O3S. The molecule has 6 nitrogen and oxygen atoms in total. The van der Waals surface area contributed by atoms with Gasteiger partial charge in [-0.25, -0.2) is 8.42 Å². The maximum absolute atomic E-state index is 12.5. The molecular weight excluding hydrogens is 410 g/mol. The summed E-state index contributed by atoms with van der Waals surface area (Å²) < 4.78 is 26.5. The first-order chi connectivity index (χ1) is 13.9. The average Bonchev–Trinajstić information content (AvgIpc) is 2.73. The Morgan fingerprint density at radius 3 is 2.34 bits per heavy atom. The van der Waals surface area contributed by atoms with Gasteiger partial charge in [-0.2, -0.15) is 4.31 Å². The van der Waals surface area contributed by atoms with Crippen molar-refractivity contribution in [2.45, 2.75) is 6.54 Å². The number of benzene rings is 2. The fraction of sp³-hybridized carbons (Fsp3) is 0.286. The first kappa shape index (κ1) is 21.5. The van der Waals surface area contributed by atoms with E-state index in [1.165, 1.54) is 9.71 Å². The molecule has 154 valence electrons. The molecule has 0 spiro atoms. The van der Waals surface area contributed by atoms with Gasteiger partial charge in [0.1, 0.15) is 0 Å². The number of halogens is 1. The highest BCUT2D eigenvalue weighted by atomic mass is 35.5. The van der Waals surface area contributed by atoms with E-state index in [0.717, 1.165) is 11.1 Å². The lowest BCUT2D eigenvalue weighted by atomic mass is 10.2. The van der Waals surface area contributed by atoms with E-state index in [0.29, 0.717) is 37.7 Å². The SMILES string of the molecule is O=C(CN1CCN(S(=O)(=O)C=Cc2ccccc2)CC1)NCc1ccccc1Cl. The number of piperazine rings is 1. The van der Waals surface area contributed by atoms with Crippen LogP contribution in [0.15, 0.2) is 60.0 Å². The zero-order valence-electron chi connectivity index (χ0n) is 16.0. The molecule has 2 aromatic rings. The van der Waals surface area contributed by atoms with Crippen LogP contribution < -0.4 is 5.32 Å². The summed E-state index contributed by atoms with van der Waals surface area (Å²) in [4.78, 5) is 14.1. The molecule has 1 aliphatic rings. The molecule has 29 heavy (non-hydrogen) atoms. The lowest BCUT2D eigenvalue weighted by molar-refractivity contribution is -0.122. The number of nitrogens with zero attached hydrogens (tertiary/aromatic N) is 2. The van der Waals surface area contributed by atoms with Crippen LogP contribution >= 0.6 is 11.6 Å². The molecule has 0 unspecified atom stereocenters. The van der Waals surface area contributed by atoms with E-state index in [2.05, 4.69) is 5.32 Å².